The number of nitrogens with zero attached hydrogens (tertiary/aromatic N) is 1. The summed E-state index contributed by atoms with van der Waals surface area (Å²) in [7, 11) is -3.66. The molecule has 1 unspecified atom stereocenters. The highest BCUT2D eigenvalue weighted by Gasteiger charge is 2.25. The quantitative estimate of drug-likeness (QED) is 0.844. The van der Waals surface area contributed by atoms with Crippen LogP contribution in [0.25, 0.3) is 0 Å². The van der Waals surface area contributed by atoms with Gasteiger partial charge >= 0.3 is 0 Å². The van der Waals surface area contributed by atoms with Gasteiger partial charge in [-0.3, -0.25) is 4.79 Å². The molecular weight excluding hydrogens is 348 g/mol. The van der Waals surface area contributed by atoms with Crippen molar-refractivity contribution in [3.05, 3.63) is 60.2 Å². The van der Waals surface area contributed by atoms with Gasteiger partial charge in [0.1, 0.15) is 0 Å². The Kier molecular flexibility index (Phi) is 5.44. The SMILES string of the molecule is CC(C)C(NS(=O)(=O)c1ccc(N2CCCC2=O)cc1)c1ccccc1. The van der Waals surface area contributed by atoms with Crippen molar-refractivity contribution in [2.75, 3.05) is 11.4 Å². The number of benzene rings is 2. The first-order valence-electron chi connectivity index (χ1n) is 8.86. The first-order chi connectivity index (χ1) is 12.4. The summed E-state index contributed by atoms with van der Waals surface area (Å²) in [6.45, 7) is 4.66. The number of nitrogens with one attached hydrogen (secondary N) is 1. The van der Waals surface area contributed by atoms with Crippen molar-refractivity contribution < 1.29 is 13.2 Å². The van der Waals surface area contributed by atoms with E-state index in [1.165, 1.54) is 0 Å². The second-order valence-electron chi connectivity index (χ2n) is 6.90. The third kappa shape index (κ3) is 3.97. The summed E-state index contributed by atoms with van der Waals surface area (Å²) in [6.07, 6.45) is 1.39. The Bertz CT molecular complexity index is 862. The van der Waals surface area contributed by atoms with Crippen LogP contribution < -0.4 is 9.62 Å². The number of hydrogen-bond acceptors (Lipinski definition) is 3. The van der Waals surface area contributed by atoms with E-state index in [0.717, 1.165) is 17.7 Å². The number of rotatable bonds is 6. The Hall–Kier alpha value is -2.18. The minimum absolute atomic E-state index is 0.0858. The highest BCUT2D eigenvalue weighted by atomic mass is 32.2. The fourth-order valence-corrected chi connectivity index (χ4v) is 4.58. The Labute approximate surface area is 155 Å². The van der Waals surface area contributed by atoms with Crippen LogP contribution in [-0.4, -0.2) is 20.9 Å². The van der Waals surface area contributed by atoms with Crippen molar-refractivity contribution in [1.29, 1.82) is 0 Å². The third-order valence-corrected chi connectivity index (χ3v) is 6.10. The molecule has 1 saturated heterocycles. The molecule has 0 spiro atoms. The van der Waals surface area contributed by atoms with E-state index in [1.807, 2.05) is 44.2 Å². The monoisotopic (exact) mass is 372 g/mol. The van der Waals surface area contributed by atoms with Crippen molar-refractivity contribution in [2.45, 2.75) is 37.6 Å². The zero-order chi connectivity index (χ0) is 18.7. The summed E-state index contributed by atoms with van der Waals surface area (Å²) in [5, 5.41) is 0. The topological polar surface area (TPSA) is 66.5 Å². The number of amides is 1. The lowest BCUT2D eigenvalue weighted by molar-refractivity contribution is -0.117. The number of sulfonamides is 1. The van der Waals surface area contributed by atoms with Gasteiger partial charge in [-0.1, -0.05) is 44.2 Å². The average Bonchev–Trinajstić information content (AvgIpc) is 3.06. The molecule has 2 aromatic rings. The Morgan fingerprint density at radius 2 is 1.65 bits per heavy atom. The Morgan fingerprint density at radius 1 is 1.00 bits per heavy atom. The zero-order valence-electron chi connectivity index (χ0n) is 15.1. The van der Waals surface area contributed by atoms with Gasteiger partial charge < -0.3 is 4.90 Å². The van der Waals surface area contributed by atoms with Gasteiger partial charge in [-0.05, 0) is 42.2 Å². The summed E-state index contributed by atoms with van der Waals surface area (Å²) in [5.74, 6) is 0.191. The lowest BCUT2D eigenvalue weighted by Gasteiger charge is -2.23. The minimum atomic E-state index is -3.66. The van der Waals surface area contributed by atoms with Gasteiger partial charge in [0.15, 0.2) is 0 Å². The van der Waals surface area contributed by atoms with Gasteiger partial charge in [-0.25, -0.2) is 13.1 Å². The molecule has 1 amide bonds. The summed E-state index contributed by atoms with van der Waals surface area (Å²) in [5.41, 5.74) is 1.68. The molecular formula is C20H24N2O3S. The molecule has 3 rings (SSSR count). The molecule has 26 heavy (non-hydrogen) atoms. The van der Waals surface area contributed by atoms with Crippen molar-refractivity contribution in [1.82, 2.24) is 4.72 Å². The highest BCUT2D eigenvalue weighted by Crippen LogP contribution is 2.26. The largest absolute Gasteiger partial charge is 0.312 e. The first kappa shape index (κ1) is 18.6. The standard InChI is InChI=1S/C20H24N2O3S/c1-15(2)20(16-7-4-3-5-8-16)21-26(24,25)18-12-10-17(11-13-18)22-14-6-9-19(22)23/h3-5,7-8,10-13,15,20-21H,6,9,14H2,1-2H3. The number of hydrogen-bond donors (Lipinski definition) is 1. The van der Waals surface area contributed by atoms with Gasteiger partial charge in [0.05, 0.1) is 4.90 Å². The molecule has 0 bridgehead atoms. The number of anilines is 1. The first-order valence-corrected chi connectivity index (χ1v) is 10.3. The number of carbonyl (C=O) groups is 1. The second-order valence-corrected chi connectivity index (χ2v) is 8.61. The van der Waals surface area contributed by atoms with Crippen LogP contribution in [0.2, 0.25) is 0 Å². The molecule has 1 fully saturated rings. The molecule has 1 heterocycles. The maximum absolute atomic E-state index is 12.8. The third-order valence-electron chi connectivity index (χ3n) is 4.64. The molecule has 0 saturated carbocycles. The van der Waals surface area contributed by atoms with Crippen LogP contribution in [0, 0.1) is 5.92 Å². The van der Waals surface area contributed by atoms with Crippen LogP contribution in [-0.2, 0) is 14.8 Å². The van der Waals surface area contributed by atoms with Gasteiger partial charge in [0.2, 0.25) is 15.9 Å². The van der Waals surface area contributed by atoms with Crippen LogP contribution in [0.15, 0.2) is 59.5 Å². The van der Waals surface area contributed by atoms with Crippen molar-refractivity contribution in [3.63, 3.8) is 0 Å². The second kappa shape index (κ2) is 7.60. The molecule has 2 aromatic carbocycles. The summed E-state index contributed by atoms with van der Waals surface area (Å²) in [4.78, 5) is 13.7. The van der Waals surface area contributed by atoms with Gasteiger partial charge in [0.25, 0.3) is 0 Å². The molecule has 1 atom stereocenters. The molecule has 5 nitrogen and oxygen atoms in total. The molecule has 0 radical (unpaired) electrons. The van der Waals surface area contributed by atoms with E-state index in [1.54, 1.807) is 29.2 Å². The van der Waals surface area contributed by atoms with E-state index in [-0.39, 0.29) is 22.8 Å². The molecule has 1 aliphatic rings. The maximum atomic E-state index is 12.8. The van der Waals surface area contributed by atoms with Crippen LogP contribution in [0.4, 0.5) is 5.69 Å². The van der Waals surface area contributed by atoms with E-state index >= 15 is 0 Å². The van der Waals surface area contributed by atoms with Gasteiger partial charge in [0, 0.05) is 24.7 Å². The van der Waals surface area contributed by atoms with E-state index in [2.05, 4.69) is 4.72 Å². The molecule has 138 valence electrons. The highest BCUT2D eigenvalue weighted by molar-refractivity contribution is 7.89. The predicted octanol–water partition coefficient (Wildman–Crippen LogP) is 3.49. The molecule has 0 aliphatic carbocycles. The van der Waals surface area contributed by atoms with E-state index < -0.39 is 10.0 Å². The number of carbonyl (C=O) groups excluding carboxylic acids is 1. The summed E-state index contributed by atoms with van der Waals surface area (Å²) in [6, 6.07) is 15.8. The van der Waals surface area contributed by atoms with Crippen molar-refractivity contribution in [2.24, 2.45) is 5.92 Å². The molecule has 6 heteroatoms. The van der Waals surface area contributed by atoms with E-state index in [4.69, 9.17) is 0 Å². The van der Waals surface area contributed by atoms with Gasteiger partial charge in [-0.15, -0.1) is 0 Å². The lowest BCUT2D eigenvalue weighted by Crippen LogP contribution is -2.32. The smallest absolute Gasteiger partial charge is 0.241 e. The van der Waals surface area contributed by atoms with Crippen LogP contribution in [0.5, 0.6) is 0 Å². The maximum Gasteiger partial charge on any atom is 0.241 e. The minimum Gasteiger partial charge on any atom is -0.312 e. The molecule has 1 N–H and O–H groups in total. The van der Waals surface area contributed by atoms with Crippen LogP contribution in [0.1, 0.15) is 38.3 Å². The van der Waals surface area contributed by atoms with E-state index in [9.17, 15) is 13.2 Å². The van der Waals surface area contributed by atoms with E-state index in [0.29, 0.717) is 13.0 Å². The summed E-state index contributed by atoms with van der Waals surface area (Å²) < 4.78 is 28.5. The molecule has 0 aromatic heterocycles. The normalized spacial score (nSPS) is 16.3. The Morgan fingerprint density at radius 3 is 2.19 bits per heavy atom. The van der Waals surface area contributed by atoms with Crippen LogP contribution >= 0.6 is 0 Å². The fourth-order valence-electron chi connectivity index (χ4n) is 3.21. The molecule has 1 aliphatic heterocycles. The average molecular weight is 372 g/mol. The van der Waals surface area contributed by atoms with Crippen molar-refractivity contribution in [3.8, 4) is 0 Å². The fraction of sp³-hybridized carbons (Fsp3) is 0.350. The lowest BCUT2D eigenvalue weighted by atomic mass is 9.97. The summed E-state index contributed by atoms with van der Waals surface area (Å²) >= 11 is 0. The predicted molar refractivity (Wildman–Crippen MR) is 102 cm³/mol. The zero-order valence-corrected chi connectivity index (χ0v) is 15.9. The van der Waals surface area contributed by atoms with Crippen molar-refractivity contribution >= 4 is 21.6 Å². The van der Waals surface area contributed by atoms with Crippen LogP contribution in [0.3, 0.4) is 0 Å². The Balaban J connectivity index is 1.82. The van der Waals surface area contributed by atoms with Gasteiger partial charge in [-0.2, -0.15) is 0 Å².